The minimum absolute atomic E-state index is 0.384. The SMILES string of the molecule is CSc1ccc(C2CN(C)Cc3cc(Oc4cccc(CN5CCCCC5)n4)ccc32)cc1.O=C(O)C(F)(F)F. The van der Waals surface area contributed by atoms with Gasteiger partial charge in [0.15, 0.2) is 0 Å². The molecule has 1 aromatic heterocycles. The number of carboxylic acid groups (broad SMARTS) is 1. The molecule has 40 heavy (non-hydrogen) atoms. The molecule has 0 spiro atoms. The van der Waals surface area contributed by atoms with Crippen molar-refractivity contribution in [2.45, 2.75) is 49.3 Å². The summed E-state index contributed by atoms with van der Waals surface area (Å²) < 4.78 is 38.0. The molecular formula is C30H34F3N3O3S. The number of rotatable bonds is 6. The van der Waals surface area contributed by atoms with Crippen molar-refractivity contribution in [2.75, 3.05) is 32.9 Å². The lowest BCUT2D eigenvalue weighted by Gasteiger charge is -2.33. The van der Waals surface area contributed by atoms with E-state index in [1.807, 2.05) is 6.07 Å². The molecule has 1 saturated heterocycles. The number of aromatic nitrogens is 1. The Labute approximate surface area is 237 Å². The van der Waals surface area contributed by atoms with Gasteiger partial charge in [-0.05, 0) is 86.3 Å². The summed E-state index contributed by atoms with van der Waals surface area (Å²) >= 11 is 1.79. The monoisotopic (exact) mass is 573 g/mol. The molecule has 2 aliphatic rings. The van der Waals surface area contributed by atoms with Crippen molar-refractivity contribution >= 4 is 17.7 Å². The minimum atomic E-state index is -5.08. The first kappa shape index (κ1) is 29.9. The van der Waals surface area contributed by atoms with Gasteiger partial charge in [-0.3, -0.25) is 4.90 Å². The summed E-state index contributed by atoms with van der Waals surface area (Å²) in [6.07, 6.45) is 0.980. The van der Waals surface area contributed by atoms with Gasteiger partial charge in [0.25, 0.3) is 0 Å². The highest BCUT2D eigenvalue weighted by Gasteiger charge is 2.38. The van der Waals surface area contributed by atoms with E-state index < -0.39 is 12.1 Å². The standard InChI is InChI=1S/C28H33N3OS.C2HF3O2/c1-30-18-22-17-24(11-14-26(22)27(20-30)21-9-12-25(33-2)13-10-21)32-28-8-6-7-23(29-28)19-31-15-4-3-5-16-31;3-2(4,5)1(6)7/h6-14,17,27H,3-5,15-16,18-20H2,1-2H3;(H,6,7). The second kappa shape index (κ2) is 13.5. The van der Waals surface area contributed by atoms with E-state index in [4.69, 9.17) is 19.6 Å². The van der Waals surface area contributed by atoms with Crippen LogP contribution in [0.3, 0.4) is 0 Å². The molecule has 3 aromatic rings. The van der Waals surface area contributed by atoms with Crippen LogP contribution in [0.1, 0.15) is 47.6 Å². The summed E-state index contributed by atoms with van der Waals surface area (Å²) in [6.45, 7) is 5.22. The van der Waals surface area contributed by atoms with Crippen LogP contribution >= 0.6 is 11.8 Å². The number of benzene rings is 2. The highest BCUT2D eigenvalue weighted by atomic mass is 32.2. The van der Waals surface area contributed by atoms with Crippen molar-refractivity contribution in [1.82, 2.24) is 14.8 Å². The lowest BCUT2D eigenvalue weighted by molar-refractivity contribution is -0.192. The number of piperidine rings is 1. The van der Waals surface area contributed by atoms with E-state index in [2.05, 4.69) is 77.7 Å². The number of likely N-dealkylation sites (N-methyl/N-ethyl adjacent to an activating group) is 1. The Kier molecular flexibility index (Phi) is 10.1. The van der Waals surface area contributed by atoms with Crippen LogP contribution in [0.2, 0.25) is 0 Å². The van der Waals surface area contributed by atoms with Crippen LogP contribution < -0.4 is 4.74 Å². The molecule has 2 aliphatic heterocycles. The zero-order chi connectivity index (χ0) is 28.7. The average Bonchev–Trinajstić information content (AvgIpc) is 2.93. The van der Waals surface area contributed by atoms with Crippen molar-refractivity contribution in [1.29, 1.82) is 0 Å². The van der Waals surface area contributed by atoms with Gasteiger partial charge >= 0.3 is 12.1 Å². The molecule has 1 N–H and O–H groups in total. The molecule has 0 saturated carbocycles. The Hall–Kier alpha value is -3.08. The molecular weight excluding hydrogens is 539 g/mol. The molecule has 214 valence electrons. The third kappa shape index (κ3) is 8.22. The van der Waals surface area contributed by atoms with Gasteiger partial charge in [0.1, 0.15) is 5.75 Å². The Morgan fingerprint density at radius 1 is 1.07 bits per heavy atom. The Morgan fingerprint density at radius 3 is 2.42 bits per heavy atom. The van der Waals surface area contributed by atoms with Crippen LogP contribution in [0, 0.1) is 0 Å². The van der Waals surface area contributed by atoms with Crippen LogP contribution in [0.5, 0.6) is 11.6 Å². The van der Waals surface area contributed by atoms with E-state index in [1.54, 1.807) is 11.8 Å². The number of likely N-dealkylation sites (tertiary alicyclic amines) is 1. The van der Waals surface area contributed by atoms with Crippen LogP contribution in [0.4, 0.5) is 13.2 Å². The van der Waals surface area contributed by atoms with E-state index in [0.717, 1.165) is 31.1 Å². The van der Waals surface area contributed by atoms with E-state index in [9.17, 15) is 13.2 Å². The first-order valence-electron chi connectivity index (χ1n) is 13.2. The van der Waals surface area contributed by atoms with Crippen molar-refractivity contribution in [3.05, 3.63) is 83.0 Å². The number of carbonyl (C=O) groups is 1. The van der Waals surface area contributed by atoms with E-state index in [-0.39, 0.29) is 0 Å². The summed E-state index contributed by atoms with van der Waals surface area (Å²) in [7, 11) is 2.20. The van der Waals surface area contributed by atoms with Crippen LogP contribution in [0.25, 0.3) is 0 Å². The van der Waals surface area contributed by atoms with Crippen molar-refractivity contribution < 1.29 is 27.8 Å². The molecule has 6 nitrogen and oxygen atoms in total. The van der Waals surface area contributed by atoms with Crippen LogP contribution in [-0.2, 0) is 17.9 Å². The largest absolute Gasteiger partial charge is 0.490 e. The summed E-state index contributed by atoms with van der Waals surface area (Å²) in [4.78, 5) is 19.9. The number of nitrogens with zero attached hydrogens (tertiary/aromatic N) is 3. The lowest BCUT2D eigenvalue weighted by Crippen LogP contribution is -2.30. The van der Waals surface area contributed by atoms with E-state index >= 15 is 0 Å². The maximum absolute atomic E-state index is 10.6. The van der Waals surface area contributed by atoms with Gasteiger partial charge in [0.05, 0.1) is 5.69 Å². The second-order valence-corrected chi connectivity index (χ2v) is 11.0. The van der Waals surface area contributed by atoms with Gasteiger partial charge in [-0.1, -0.05) is 30.7 Å². The highest BCUT2D eigenvalue weighted by molar-refractivity contribution is 7.98. The average molecular weight is 574 g/mol. The maximum atomic E-state index is 10.6. The maximum Gasteiger partial charge on any atom is 0.490 e. The van der Waals surface area contributed by atoms with Gasteiger partial charge in [-0.2, -0.15) is 13.2 Å². The molecule has 1 atom stereocenters. The topological polar surface area (TPSA) is 65.9 Å². The Balaban J connectivity index is 0.000000470. The minimum Gasteiger partial charge on any atom is -0.475 e. The van der Waals surface area contributed by atoms with Gasteiger partial charge in [-0.15, -0.1) is 11.8 Å². The number of hydrogen-bond donors (Lipinski definition) is 1. The molecule has 0 radical (unpaired) electrons. The van der Waals surface area contributed by atoms with Crippen molar-refractivity contribution in [2.24, 2.45) is 0 Å². The predicted octanol–water partition coefficient (Wildman–Crippen LogP) is 6.79. The number of fused-ring (bicyclic) bond motifs is 1. The fourth-order valence-corrected chi connectivity index (χ4v) is 5.49. The molecule has 0 bridgehead atoms. The zero-order valence-electron chi connectivity index (χ0n) is 22.7. The molecule has 2 aromatic carbocycles. The Morgan fingerprint density at radius 2 is 1.77 bits per heavy atom. The first-order chi connectivity index (χ1) is 19.1. The summed E-state index contributed by atoms with van der Waals surface area (Å²) in [6, 6.07) is 21.7. The fourth-order valence-electron chi connectivity index (χ4n) is 5.08. The normalized spacial score (nSPS) is 17.9. The van der Waals surface area contributed by atoms with E-state index in [0.29, 0.717) is 11.8 Å². The number of carboxylic acids is 1. The smallest absolute Gasteiger partial charge is 0.475 e. The number of thioether (sulfide) groups is 1. The Bertz CT molecular complexity index is 1280. The molecule has 0 amide bonds. The second-order valence-electron chi connectivity index (χ2n) is 10.1. The number of hydrogen-bond acceptors (Lipinski definition) is 6. The number of alkyl halides is 3. The molecule has 3 heterocycles. The summed E-state index contributed by atoms with van der Waals surface area (Å²) in [5.74, 6) is -0.830. The number of aliphatic carboxylic acids is 1. The van der Waals surface area contributed by atoms with Crippen LogP contribution in [0.15, 0.2) is 65.6 Å². The van der Waals surface area contributed by atoms with Gasteiger partial charge in [0, 0.05) is 36.5 Å². The fraction of sp³-hybridized carbons (Fsp3) is 0.400. The zero-order valence-corrected chi connectivity index (χ0v) is 23.5. The predicted molar refractivity (Wildman–Crippen MR) is 150 cm³/mol. The summed E-state index contributed by atoms with van der Waals surface area (Å²) in [5.41, 5.74) is 5.20. The number of ether oxygens (including phenoxy) is 1. The quantitative estimate of drug-likeness (QED) is 0.326. The molecule has 1 fully saturated rings. The lowest BCUT2D eigenvalue weighted by atomic mass is 9.85. The van der Waals surface area contributed by atoms with Gasteiger partial charge in [0.2, 0.25) is 5.88 Å². The van der Waals surface area contributed by atoms with Crippen molar-refractivity contribution in [3.63, 3.8) is 0 Å². The highest BCUT2D eigenvalue weighted by Crippen LogP contribution is 2.36. The molecule has 0 aliphatic carbocycles. The van der Waals surface area contributed by atoms with E-state index in [1.165, 1.54) is 53.9 Å². The third-order valence-corrected chi connectivity index (χ3v) is 7.77. The summed E-state index contributed by atoms with van der Waals surface area (Å²) in [5, 5.41) is 7.12. The number of pyridine rings is 1. The molecule has 5 rings (SSSR count). The van der Waals surface area contributed by atoms with Crippen molar-refractivity contribution in [3.8, 4) is 11.6 Å². The molecule has 10 heteroatoms. The first-order valence-corrected chi connectivity index (χ1v) is 14.5. The van der Waals surface area contributed by atoms with Gasteiger partial charge < -0.3 is 14.7 Å². The number of halogens is 3. The van der Waals surface area contributed by atoms with Gasteiger partial charge in [-0.25, -0.2) is 9.78 Å². The molecule has 1 unspecified atom stereocenters. The van der Waals surface area contributed by atoms with Crippen LogP contribution in [-0.4, -0.2) is 65.0 Å². The third-order valence-electron chi connectivity index (χ3n) is 7.02.